The summed E-state index contributed by atoms with van der Waals surface area (Å²) in [6, 6.07) is 13.1. The van der Waals surface area contributed by atoms with Crippen molar-refractivity contribution < 1.29 is 4.79 Å². The molecule has 94 valence electrons. The van der Waals surface area contributed by atoms with Crippen LogP contribution >= 0.6 is 11.6 Å². The molecule has 3 rings (SSSR count). The fourth-order valence-electron chi connectivity index (χ4n) is 2.29. The predicted molar refractivity (Wildman–Crippen MR) is 78.7 cm³/mol. The molecule has 2 aromatic rings. The van der Waals surface area contributed by atoms with Gasteiger partial charge >= 0.3 is 0 Å². The largest absolute Gasteiger partial charge is 0.289 e. The van der Waals surface area contributed by atoms with Crippen molar-refractivity contribution in [2.45, 2.75) is 12.8 Å². The summed E-state index contributed by atoms with van der Waals surface area (Å²) < 4.78 is 0. The molecule has 0 atom stereocenters. The first-order chi connectivity index (χ1) is 9.15. The minimum Gasteiger partial charge on any atom is -0.289 e. The van der Waals surface area contributed by atoms with Crippen LogP contribution in [0.25, 0.3) is 5.57 Å². The van der Waals surface area contributed by atoms with Crippen molar-refractivity contribution in [2.75, 3.05) is 0 Å². The van der Waals surface area contributed by atoms with E-state index in [9.17, 15) is 4.79 Å². The fourth-order valence-corrected chi connectivity index (χ4v) is 2.42. The molecule has 0 N–H and O–H groups in total. The minimum absolute atomic E-state index is 0.0454. The van der Waals surface area contributed by atoms with Gasteiger partial charge in [-0.15, -0.1) is 0 Å². The number of ketones is 1. The van der Waals surface area contributed by atoms with E-state index in [-0.39, 0.29) is 5.78 Å². The van der Waals surface area contributed by atoms with E-state index in [1.807, 2.05) is 6.07 Å². The molecule has 19 heavy (non-hydrogen) atoms. The van der Waals surface area contributed by atoms with Gasteiger partial charge in [0.1, 0.15) is 0 Å². The van der Waals surface area contributed by atoms with Gasteiger partial charge in [-0.2, -0.15) is 0 Å². The Morgan fingerprint density at radius 3 is 2.16 bits per heavy atom. The predicted octanol–water partition coefficient (Wildman–Crippen LogP) is 4.33. The molecule has 0 saturated carbocycles. The first-order valence-electron chi connectivity index (χ1n) is 6.26. The quantitative estimate of drug-likeness (QED) is 0.598. The van der Waals surface area contributed by atoms with E-state index >= 15 is 0 Å². The number of carbonyl (C=O) groups excluding carboxylic acids is 1. The van der Waals surface area contributed by atoms with Crippen LogP contribution in [0.15, 0.2) is 49.0 Å². The Morgan fingerprint density at radius 1 is 0.947 bits per heavy atom. The number of carbonyl (C=O) groups is 1. The molecule has 2 heteroatoms. The van der Waals surface area contributed by atoms with Gasteiger partial charge in [0.25, 0.3) is 0 Å². The Labute approximate surface area is 117 Å². The summed E-state index contributed by atoms with van der Waals surface area (Å²) in [7, 11) is 0. The zero-order valence-corrected chi connectivity index (χ0v) is 11.2. The Kier molecular flexibility index (Phi) is 3.00. The van der Waals surface area contributed by atoms with Crippen molar-refractivity contribution in [1.29, 1.82) is 0 Å². The normalized spacial score (nSPS) is 12.5. The van der Waals surface area contributed by atoms with Crippen molar-refractivity contribution in [3.63, 3.8) is 0 Å². The highest BCUT2D eigenvalue weighted by Gasteiger charge is 2.17. The van der Waals surface area contributed by atoms with Gasteiger partial charge in [0.2, 0.25) is 0 Å². The molecule has 0 bridgehead atoms. The molecule has 0 unspecified atom stereocenters. The Morgan fingerprint density at radius 2 is 1.58 bits per heavy atom. The number of hydrogen-bond donors (Lipinski definition) is 0. The van der Waals surface area contributed by atoms with Crippen molar-refractivity contribution in [3.05, 3.63) is 76.3 Å². The number of benzene rings is 2. The molecule has 0 spiro atoms. The molecule has 0 saturated heterocycles. The smallest absolute Gasteiger partial charge is 0.193 e. The molecule has 0 radical (unpaired) electrons. The minimum atomic E-state index is -0.0454. The number of aryl methyl sites for hydroxylation is 2. The van der Waals surface area contributed by atoms with Crippen molar-refractivity contribution in [1.82, 2.24) is 0 Å². The molecule has 1 nitrogen and oxygen atoms in total. The van der Waals surface area contributed by atoms with Gasteiger partial charge in [0, 0.05) is 16.2 Å². The lowest BCUT2D eigenvalue weighted by atomic mass is 9.85. The van der Waals surface area contributed by atoms with Crippen LogP contribution in [0.1, 0.15) is 27.0 Å². The van der Waals surface area contributed by atoms with Gasteiger partial charge in [-0.1, -0.05) is 36.4 Å². The Hall–Kier alpha value is -1.86. The monoisotopic (exact) mass is 268 g/mol. The fraction of sp³-hybridized carbons (Fsp3) is 0.118. The molecule has 0 aromatic heterocycles. The average molecular weight is 269 g/mol. The second-order valence-electron chi connectivity index (χ2n) is 4.80. The van der Waals surface area contributed by atoms with E-state index in [2.05, 4.69) is 18.7 Å². The molecule has 0 aliphatic heterocycles. The summed E-state index contributed by atoms with van der Waals surface area (Å²) in [6.45, 7) is 3.94. The molecule has 0 heterocycles. The van der Waals surface area contributed by atoms with Crippen LogP contribution in [-0.2, 0) is 12.8 Å². The third-order valence-electron chi connectivity index (χ3n) is 3.60. The molecule has 2 aromatic carbocycles. The topological polar surface area (TPSA) is 17.1 Å². The number of hydrogen-bond acceptors (Lipinski definition) is 1. The van der Waals surface area contributed by atoms with Crippen LogP contribution < -0.4 is 0 Å². The Balaban J connectivity index is 1.88. The summed E-state index contributed by atoms with van der Waals surface area (Å²) >= 11 is 5.83. The zero-order valence-electron chi connectivity index (χ0n) is 10.4. The number of fused-ring (bicyclic) bond motifs is 1. The van der Waals surface area contributed by atoms with E-state index in [1.165, 1.54) is 11.1 Å². The van der Waals surface area contributed by atoms with Gasteiger partial charge in [-0.25, -0.2) is 0 Å². The summed E-state index contributed by atoms with van der Waals surface area (Å²) in [5, 5.41) is 0.628. The number of Topliss-reactive ketones (excluding diaryl/α,β-unsaturated/α-hetero) is 1. The number of rotatable bonds is 3. The highest BCUT2D eigenvalue weighted by molar-refractivity contribution is 6.31. The highest BCUT2D eigenvalue weighted by Crippen LogP contribution is 2.27. The zero-order chi connectivity index (χ0) is 13.4. The van der Waals surface area contributed by atoms with Crippen LogP contribution in [0, 0.1) is 0 Å². The van der Waals surface area contributed by atoms with E-state index in [0.29, 0.717) is 16.2 Å². The van der Waals surface area contributed by atoms with Crippen LogP contribution in [0.2, 0.25) is 5.02 Å². The van der Waals surface area contributed by atoms with Gasteiger partial charge in [-0.05, 0) is 53.8 Å². The van der Waals surface area contributed by atoms with Crippen LogP contribution in [0.4, 0.5) is 0 Å². The second-order valence-corrected chi connectivity index (χ2v) is 5.23. The van der Waals surface area contributed by atoms with Gasteiger partial charge in [0.15, 0.2) is 5.78 Å². The summed E-state index contributed by atoms with van der Waals surface area (Å²) in [6.07, 6.45) is 2.25. The Bertz CT molecular complexity index is 668. The van der Waals surface area contributed by atoms with Gasteiger partial charge in [-0.3, -0.25) is 4.79 Å². The maximum Gasteiger partial charge on any atom is 0.193 e. The van der Waals surface area contributed by atoms with E-state index in [1.54, 1.807) is 24.3 Å². The molecular weight excluding hydrogens is 256 g/mol. The summed E-state index contributed by atoms with van der Waals surface area (Å²) in [5.41, 5.74) is 4.80. The van der Waals surface area contributed by atoms with E-state index in [0.717, 1.165) is 18.4 Å². The van der Waals surface area contributed by atoms with Crippen molar-refractivity contribution in [3.8, 4) is 0 Å². The number of halogens is 1. The van der Waals surface area contributed by atoms with Gasteiger partial charge < -0.3 is 0 Å². The molecular formula is C17H13ClO. The standard InChI is InChI=1S/C17H13ClO/c1-11(14-4-2-12-3-5-15(12)10-14)17(19)13-6-8-16(18)9-7-13/h2,4,6-10H,1,3,5H2. The third-order valence-corrected chi connectivity index (χ3v) is 3.85. The van der Waals surface area contributed by atoms with Gasteiger partial charge in [0.05, 0.1) is 0 Å². The summed E-state index contributed by atoms with van der Waals surface area (Å²) in [5.74, 6) is -0.0454. The lowest BCUT2D eigenvalue weighted by Crippen LogP contribution is -2.09. The maximum atomic E-state index is 12.3. The SMILES string of the molecule is C=C(C(=O)c1ccc(Cl)cc1)c1ccc2c(c1)CC2. The lowest BCUT2D eigenvalue weighted by molar-refractivity contribution is 0.105. The van der Waals surface area contributed by atoms with Crippen molar-refractivity contribution >= 4 is 23.0 Å². The number of allylic oxidation sites excluding steroid dienone is 1. The lowest BCUT2D eigenvalue weighted by Gasteiger charge is -2.19. The van der Waals surface area contributed by atoms with Crippen LogP contribution in [0.5, 0.6) is 0 Å². The van der Waals surface area contributed by atoms with Crippen molar-refractivity contribution in [2.24, 2.45) is 0 Å². The molecule has 1 aliphatic rings. The average Bonchev–Trinajstić information content (AvgIpc) is 2.39. The second kappa shape index (κ2) is 4.67. The highest BCUT2D eigenvalue weighted by atomic mass is 35.5. The summed E-state index contributed by atoms with van der Waals surface area (Å²) in [4.78, 5) is 12.3. The first-order valence-corrected chi connectivity index (χ1v) is 6.64. The molecule has 0 fully saturated rings. The van der Waals surface area contributed by atoms with E-state index in [4.69, 9.17) is 11.6 Å². The van der Waals surface area contributed by atoms with E-state index < -0.39 is 0 Å². The molecule has 1 aliphatic carbocycles. The van der Waals surface area contributed by atoms with Crippen LogP contribution in [-0.4, -0.2) is 5.78 Å². The third kappa shape index (κ3) is 2.22. The first kappa shape index (κ1) is 12.2. The van der Waals surface area contributed by atoms with Crippen LogP contribution in [0.3, 0.4) is 0 Å². The molecule has 0 amide bonds. The maximum absolute atomic E-state index is 12.3.